The van der Waals surface area contributed by atoms with Crippen LogP contribution in [0.4, 0.5) is 0 Å². The molecule has 2 aromatic rings. The smallest absolute Gasteiger partial charge is 0.255 e. The summed E-state index contributed by atoms with van der Waals surface area (Å²) in [6, 6.07) is 11.6. The first-order valence-electron chi connectivity index (χ1n) is 4.52. The molecule has 70 valence electrons. The van der Waals surface area contributed by atoms with Crippen molar-refractivity contribution in [3.05, 3.63) is 58.5 Å². The number of hydrogen-bond donors (Lipinski definition) is 1. The first-order valence-corrected chi connectivity index (χ1v) is 4.52. The Morgan fingerprint density at radius 2 is 2.00 bits per heavy atom. The molecular formula is C12H11NO. The minimum Gasteiger partial charge on any atom is -0.329 e. The van der Waals surface area contributed by atoms with Crippen molar-refractivity contribution in [1.82, 2.24) is 4.98 Å². The summed E-state index contributed by atoms with van der Waals surface area (Å²) in [5.74, 6) is 0. The quantitative estimate of drug-likeness (QED) is 0.726. The van der Waals surface area contributed by atoms with E-state index in [0.29, 0.717) is 0 Å². The number of rotatable bonds is 1. The van der Waals surface area contributed by atoms with Crippen LogP contribution in [0.3, 0.4) is 0 Å². The minimum atomic E-state index is -0.0434. The van der Waals surface area contributed by atoms with Crippen LogP contribution in [0, 0.1) is 6.92 Å². The lowest BCUT2D eigenvalue weighted by atomic mass is 10.1. The zero-order valence-corrected chi connectivity index (χ0v) is 7.95. The normalized spacial score (nSPS) is 10.1. The maximum absolute atomic E-state index is 11.5. The van der Waals surface area contributed by atoms with E-state index in [2.05, 4.69) is 4.98 Å². The summed E-state index contributed by atoms with van der Waals surface area (Å²) in [7, 11) is 0. The number of aromatic nitrogens is 1. The van der Waals surface area contributed by atoms with E-state index >= 15 is 0 Å². The Kier molecular flexibility index (Phi) is 2.19. The van der Waals surface area contributed by atoms with Gasteiger partial charge in [0.05, 0.1) is 0 Å². The van der Waals surface area contributed by atoms with E-state index in [9.17, 15) is 4.79 Å². The number of H-pyrrole nitrogens is 1. The molecule has 0 aliphatic carbocycles. The summed E-state index contributed by atoms with van der Waals surface area (Å²) >= 11 is 0. The van der Waals surface area contributed by atoms with Gasteiger partial charge >= 0.3 is 0 Å². The molecule has 0 aliphatic heterocycles. The SMILES string of the molecule is Cc1cccc(-c2ccc[nH]c2=O)c1. The van der Waals surface area contributed by atoms with E-state index in [4.69, 9.17) is 0 Å². The second-order valence-electron chi connectivity index (χ2n) is 3.28. The topological polar surface area (TPSA) is 32.9 Å². The van der Waals surface area contributed by atoms with Crippen LogP contribution in [-0.4, -0.2) is 4.98 Å². The summed E-state index contributed by atoms with van der Waals surface area (Å²) in [5.41, 5.74) is 2.80. The molecule has 1 aromatic carbocycles. The van der Waals surface area contributed by atoms with Gasteiger partial charge in [-0.2, -0.15) is 0 Å². The van der Waals surface area contributed by atoms with Gasteiger partial charge in [-0.15, -0.1) is 0 Å². The molecule has 0 saturated carbocycles. The van der Waals surface area contributed by atoms with Gasteiger partial charge in [-0.25, -0.2) is 0 Å². The number of pyridine rings is 1. The van der Waals surface area contributed by atoms with Crippen molar-refractivity contribution >= 4 is 0 Å². The van der Waals surface area contributed by atoms with Gasteiger partial charge in [0.2, 0.25) is 0 Å². The summed E-state index contributed by atoms with van der Waals surface area (Å²) in [4.78, 5) is 14.1. The van der Waals surface area contributed by atoms with Crippen molar-refractivity contribution < 1.29 is 0 Å². The van der Waals surface area contributed by atoms with E-state index in [1.807, 2.05) is 43.3 Å². The molecular weight excluding hydrogens is 174 g/mol. The predicted molar refractivity (Wildman–Crippen MR) is 57.2 cm³/mol. The van der Waals surface area contributed by atoms with Crippen LogP contribution in [0.2, 0.25) is 0 Å². The third kappa shape index (κ3) is 1.59. The maximum Gasteiger partial charge on any atom is 0.255 e. The van der Waals surface area contributed by atoms with E-state index in [1.165, 1.54) is 0 Å². The molecule has 0 bridgehead atoms. The molecule has 0 unspecified atom stereocenters. The zero-order chi connectivity index (χ0) is 9.97. The fourth-order valence-corrected chi connectivity index (χ4v) is 1.46. The van der Waals surface area contributed by atoms with Crippen molar-refractivity contribution in [3.63, 3.8) is 0 Å². The largest absolute Gasteiger partial charge is 0.329 e. The van der Waals surface area contributed by atoms with Gasteiger partial charge < -0.3 is 4.98 Å². The van der Waals surface area contributed by atoms with Gasteiger partial charge in [0, 0.05) is 11.8 Å². The molecule has 1 heterocycles. The Morgan fingerprint density at radius 3 is 2.71 bits per heavy atom. The lowest BCUT2D eigenvalue weighted by Crippen LogP contribution is -2.06. The van der Waals surface area contributed by atoms with Crippen LogP contribution in [0.1, 0.15) is 5.56 Å². The van der Waals surface area contributed by atoms with Crippen LogP contribution in [0.15, 0.2) is 47.4 Å². The number of aromatic amines is 1. The summed E-state index contributed by atoms with van der Waals surface area (Å²) in [5, 5.41) is 0. The molecule has 2 heteroatoms. The molecule has 2 nitrogen and oxygen atoms in total. The van der Waals surface area contributed by atoms with Crippen molar-refractivity contribution in [2.24, 2.45) is 0 Å². The molecule has 1 N–H and O–H groups in total. The highest BCUT2D eigenvalue weighted by atomic mass is 16.1. The molecule has 14 heavy (non-hydrogen) atoms. The molecule has 0 atom stereocenters. The maximum atomic E-state index is 11.5. The third-order valence-electron chi connectivity index (χ3n) is 2.15. The Morgan fingerprint density at radius 1 is 1.14 bits per heavy atom. The van der Waals surface area contributed by atoms with E-state index in [1.54, 1.807) is 6.20 Å². The first kappa shape index (κ1) is 8.75. The van der Waals surface area contributed by atoms with E-state index < -0.39 is 0 Å². The Hall–Kier alpha value is -1.83. The fraction of sp³-hybridized carbons (Fsp3) is 0.0833. The van der Waals surface area contributed by atoms with Crippen molar-refractivity contribution in [2.75, 3.05) is 0 Å². The number of aryl methyl sites for hydroxylation is 1. The van der Waals surface area contributed by atoms with Gasteiger partial charge in [0.1, 0.15) is 0 Å². The van der Waals surface area contributed by atoms with Crippen molar-refractivity contribution in [3.8, 4) is 11.1 Å². The molecule has 0 fully saturated rings. The summed E-state index contributed by atoms with van der Waals surface area (Å²) in [6.07, 6.45) is 1.64. The average Bonchev–Trinajstić information content (AvgIpc) is 2.18. The standard InChI is InChI=1S/C12H11NO/c1-9-4-2-5-10(8-9)11-6-3-7-13-12(11)14/h2-8H,1H3,(H,13,14). The van der Waals surface area contributed by atoms with Crippen LogP contribution in [-0.2, 0) is 0 Å². The van der Waals surface area contributed by atoms with E-state index in [-0.39, 0.29) is 5.56 Å². The highest BCUT2D eigenvalue weighted by molar-refractivity contribution is 5.62. The predicted octanol–water partition coefficient (Wildman–Crippen LogP) is 2.35. The van der Waals surface area contributed by atoms with Crippen LogP contribution >= 0.6 is 0 Å². The zero-order valence-electron chi connectivity index (χ0n) is 7.95. The Labute approximate surface area is 82.2 Å². The van der Waals surface area contributed by atoms with Crippen LogP contribution < -0.4 is 5.56 Å². The molecule has 0 radical (unpaired) electrons. The highest BCUT2D eigenvalue weighted by Gasteiger charge is 2.00. The van der Waals surface area contributed by atoms with Gasteiger partial charge in [-0.3, -0.25) is 4.79 Å². The second kappa shape index (κ2) is 3.50. The van der Waals surface area contributed by atoms with Crippen LogP contribution in [0.25, 0.3) is 11.1 Å². The van der Waals surface area contributed by atoms with Gasteiger partial charge in [-0.05, 0) is 24.6 Å². The minimum absolute atomic E-state index is 0.0434. The van der Waals surface area contributed by atoms with E-state index in [0.717, 1.165) is 16.7 Å². The molecule has 0 aliphatic rings. The van der Waals surface area contributed by atoms with Crippen LogP contribution in [0.5, 0.6) is 0 Å². The molecule has 1 aromatic heterocycles. The Bertz CT molecular complexity index is 499. The summed E-state index contributed by atoms with van der Waals surface area (Å²) < 4.78 is 0. The second-order valence-corrected chi connectivity index (χ2v) is 3.28. The lowest BCUT2D eigenvalue weighted by molar-refractivity contribution is 1.24. The average molecular weight is 185 g/mol. The van der Waals surface area contributed by atoms with Crippen molar-refractivity contribution in [2.45, 2.75) is 6.92 Å². The monoisotopic (exact) mass is 185 g/mol. The molecule has 0 spiro atoms. The first-order chi connectivity index (χ1) is 6.77. The molecule has 0 amide bonds. The fourth-order valence-electron chi connectivity index (χ4n) is 1.46. The van der Waals surface area contributed by atoms with Gasteiger partial charge in [0.25, 0.3) is 5.56 Å². The summed E-state index contributed by atoms with van der Waals surface area (Å²) in [6.45, 7) is 2.01. The van der Waals surface area contributed by atoms with Crippen molar-refractivity contribution in [1.29, 1.82) is 0 Å². The Balaban J connectivity index is 2.61. The van der Waals surface area contributed by atoms with Gasteiger partial charge in [-0.1, -0.05) is 29.8 Å². The molecule has 2 rings (SSSR count). The number of nitrogens with one attached hydrogen (secondary N) is 1. The number of benzene rings is 1. The lowest BCUT2D eigenvalue weighted by Gasteiger charge is -2.00. The highest BCUT2D eigenvalue weighted by Crippen LogP contribution is 2.15. The number of hydrogen-bond acceptors (Lipinski definition) is 1. The van der Waals surface area contributed by atoms with Gasteiger partial charge in [0.15, 0.2) is 0 Å². The molecule has 0 saturated heterocycles. The third-order valence-corrected chi connectivity index (χ3v) is 2.15.